The van der Waals surface area contributed by atoms with Crippen LogP contribution in [0.1, 0.15) is 10.4 Å². The van der Waals surface area contributed by atoms with Gasteiger partial charge in [-0.15, -0.1) is 0 Å². The highest BCUT2D eigenvalue weighted by atomic mass is 79.9. The second-order valence-corrected chi connectivity index (χ2v) is 3.28. The van der Waals surface area contributed by atoms with Crippen LogP contribution in [-0.4, -0.2) is 19.5 Å². The van der Waals surface area contributed by atoms with Gasteiger partial charge in [0.25, 0.3) is 0 Å². The van der Waals surface area contributed by atoms with Crippen LogP contribution >= 0.6 is 15.9 Å². The normalized spacial score (nSPS) is 9.83. The molecule has 0 aliphatic carbocycles. The predicted molar refractivity (Wildman–Crippen MR) is 50.3 cm³/mol. The summed E-state index contributed by atoms with van der Waals surface area (Å²) >= 11 is 3.29. The second-order valence-electron chi connectivity index (χ2n) is 2.37. The molecular formula is C9H9BrO2. The molecule has 0 aromatic heterocycles. The third-order valence-electron chi connectivity index (χ3n) is 1.42. The smallest absolute Gasteiger partial charge is 0.188 e. The summed E-state index contributed by atoms with van der Waals surface area (Å²) in [5, 5.41) is 0. The summed E-state index contributed by atoms with van der Waals surface area (Å²) in [6.07, 6.45) is 0. The zero-order valence-electron chi connectivity index (χ0n) is 6.71. The van der Waals surface area contributed by atoms with Gasteiger partial charge in [0, 0.05) is 17.1 Å². The minimum absolute atomic E-state index is 0.00111. The number of ether oxygens (including phenoxy) is 1. The molecule has 0 unspecified atom stereocenters. The molecule has 0 heterocycles. The van der Waals surface area contributed by atoms with E-state index in [2.05, 4.69) is 15.9 Å². The quantitative estimate of drug-likeness (QED) is 0.743. The molecule has 0 aliphatic rings. The van der Waals surface area contributed by atoms with Crippen LogP contribution in [0, 0.1) is 0 Å². The topological polar surface area (TPSA) is 26.3 Å². The third kappa shape index (κ3) is 2.43. The molecule has 0 N–H and O–H groups in total. The maximum atomic E-state index is 11.3. The fourth-order valence-electron chi connectivity index (χ4n) is 0.876. The van der Waals surface area contributed by atoms with E-state index < -0.39 is 0 Å². The maximum absolute atomic E-state index is 11.3. The van der Waals surface area contributed by atoms with E-state index in [9.17, 15) is 4.79 Å². The highest BCUT2D eigenvalue weighted by Gasteiger charge is 2.03. The molecule has 0 aliphatic heterocycles. The van der Waals surface area contributed by atoms with Gasteiger partial charge in [0.05, 0.1) is 0 Å². The standard InChI is InChI=1S/C9H9BrO2/c1-12-6-9(11)7-3-2-4-8(10)5-7/h2-5H,6H2,1H3. The molecule has 1 rings (SSSR count). The Morgan fingerprint density at radius 3 is 2.92 bits per heavy atom. The van der Waals surface area contributed by atoms with Gasteiger partial charge in [0.2, 0.25) is 0 Å². The average Bonchev–Trinajstić information content (AvgIpc) is 2.05. The van der Waals surface area contributed by atoms with Gasteiger partial charge in [0.15, 0.2) is 5.78 Å². The SMILES string of the molecule is COCC(=O)c1cccc(Br)c1. The Bertz CT molecular complexity index is 284. The number of carbonyl (C=O) groups is 1. The summed E-state index contributed by atoms with van der Waals surface area (Å²) in [7, 11) is 1.51. The molecule has 0 atom stereocenters. The van der Waals surface area contributed by atoms with Crippen molar-refractivity contribution < 1.29 is 9.53 Å². The van der Waals surface area contributed by atoms with Gasteiger partial charge in [0.1, 0.15) is 6.61 Å². The molecule has 0 fully saturated rings. The molecule has 64 valence electrons. The lowest BCUT2D eigenvalue weighted by atomic mass is 10.1. The Morgan fingerprint density at radius 1 is 1.58 bits per heavy atom. The fourth-order valence-corrected chi connectivity index (χ4v) is 1.28. The number of Topliss-reactive ketones (excluding diaryl/α,β-unsaturated/α-hetero) is 1. The summed E-state index contributed by atoms with van der Waals surface area (Å²) in [6, 6.07) is 7.25. The largest absolute Gasteiger partial charge is 0.377 e. The van der Waals surface area contributed by atoms with Gasteiger partial charge >= 0.3 is 0 Å². The van der Waals surface area contributed by atoms with Crippen molar-refractivity contribution in [3.05, 3.63) is 34.3 Å². The molecule has 0 bridgehead atoms. The highest BCUT2D eigenvalue weighted by molar-refractivity contribution is 9.10. The Labute approximate surface area is 79.7 Å². The second kappa shape index (κ2) is 4.38. The van der Waals surface area contributed by atoms with Crippen LogP contribution in [0.15, 0.2) is 28.7 Å². The van der Waals surface area contributed by atoms with Gasteiger partial charge in [-0.2, -0.15) is 0 Å². The van der Waals surface area contributed by atoms with Crippen LogP contribution in [0.5, 0.6) is 0 Å². The van der Waals surface area contributed by atoms with Crippen molar-refractivity contribution in [3.8, 4) is 0 Å². The van der Waals surface area contributed by atoms with Crippen molar-refractivity contribution in [2.75, 3.05) is 13.7 Å². The summed E-state index contributed by atoms with van der Waals surface area (Å²) in [5.41, 5.74) is 0.672. The van der Waals surface area contributed by atoms with Crippen LogP contribution in [0.2, 0.25) is 0 Å². The molecule has 0 spiro atoms. The number of rotatable bonds is 3. The number of halogens is 1. The van der Waals surface area contributed by atoms with E-state index in [4.69, 9.17) is 4.74 Å². The Morgan fingerprint density at radius 2 is 2.33 bits per heavy atom. The van der Waals surface area contributed by atoms with Crippen LogP contribution in [0.3, 0.4) is 0 Å². The molecule has 2 nitrogen and oxygen atoms in total. The molecule has 0 saturated carbocycles. The van der Waals surface area contributed by atoms with Gasteiger partial charge in [-0.1, -0.05) is 28.1 Å². The van der Waals surface area contributed by atoms with Gasteiger partial charge in [-0.3, -0.25) is 4.79 Å². The van der Waals surface area contributed by atoms with E-state index in [-0.39, 0.29) is 12.4 Å². The Hall–Kier alpha value is -0.670. The van der Waals surface area contributed by atoms with Gasteiger partial charge in [-0.25, -0.2) is 0 Å². The van der Waals surface area contributed by atoms with Crippen LogP contribution in [-0.2, 0) is 4.74 Å². The van der Waals surface area contributed by atoms with Gasteiger partial charge < -0.3 is 4.74 Å². The van der Waals surface area contributed by atoms with Crippen molar-refractivity contribution in [2.45, 2.75) is 0 Å². The number of hydrogen-bond donors (Lipinski definition) is 0. The molecular weight excluding hydrogens is 220 g/mol. The van der Waals surface area contributed by atoms with E-state index in [1.165, 1.54) is 7.11 Å². The van der Waals surface area contributed by atoms with Crippen LogP contribution in [0.4, 0.5) is 0 Å². The molecule has 3 heteroatoms. The third-order valence-corrected chi connectivity index (χ3v) is 1.92. The van der Waals surface area contributed by atoms with E-state index >= 15 is 0 Å². The lowest BCUT2D eigenvalue weighted by Gasteiger charge is -1.99. The molecule has 0 radical (unpaired) electrons. The molecule has 0 saturated heterocycles. The Balaban J connectivity index is 2.81. The molecule has 12 heavy (non-hydrogen) atoms. The van der Waals surface area contributed by atoms with Crippen LogP contribution in [0.25, 0.3) is 0 Å². The number of methoxy groups -OCH3 is 1. The maximum Gasteiger partial charge on any atom is 0.188 e. The number of ketones is 1. The first-order valence-corrected chi connectivity index (χ1v) is 4.31. The minimum Gasteiger partial charge on any atom is -0.377 e. The first-order chi connectivity index (χ1) is 5.74. The van der Waals surface area contributed by atoms with E-state index in [0.717, 1.165) is 4.47 Å². The summed E-state index contributed by atoms with van der Waals surface area (Å²) in [5.74, 6) is -0.00111. The zero-order chi connectivity index (χ0) is 8.97. The highest BCUT2D eigenvalue weighted by Crippen LogP contribution is 2.11. The number of benzene rings is 1. The number of carbonyl (C=O) groups excluding carboxylic acids is 1. The van der Waals surface area contributed by atoms with Crippen LogP contribution < -0.4 is 0 Å². The van der Waals surface area contributed by atoms with Gasteiger partial charge in [-0.05, 0) is 12.1 Å². The van der Waals surface area contributed by atoms with Crippen molar-refractivity contribution in [1.29, 1.82) is 0 Å². The first kappa shape index (κ1) is 9.42. The average molecular weight is 229 g/mol. The van der Waals surface area contributed by atoms with Crippen molar-refractivity contribution in [3.63, 3.8) is 0 Å². The predicted octanol–water partition coefficient (Wildman–Crippen LogP) is 2.28. The van der Waals surface area contributed by atoms with E-state index in [1.54, 1.807) is 12.1 Å². The first-order valence-electron chi connectivity index (χ1n) is 3.51. The van der Waals surface area contributed by atoms with Crippen molar-refractivity contribution >= 4 is 21.7 Å². The monoisotopic (exact) mass is 228 g/mol. The zero-order valence-corrected chi connectivity index (χ0v) is 8.30. The lowest BCUT2D eigenvalue weighted by Crippen LogP contribution is -2.06. The van der Waals surface area contributed by atoms with Crippen molar-refractivity contribution in [2.24, 2.45) is 0 Å². The fraction of sp³-hybridized carbons (Fsp3) is 0.222. The molecule has 1 aromatic carbocycles. The number of hydrogen-bond acceptors (Lipinski definition) is 2. The lowest BCUT2D eigenvalue weighted by molar-refractivity contribution is 0.0848. The Kier molecular flexibility index (Phi) is 3.44. The molecule has 1 aromatic rings. The summed E-state index contributed by atoms with van der Waals surface area (Å²) in [6.45, 7) is 0.135. The van der Waals surface area contributed by atoms with E-state index in [0.29, 0.717) is 5.56 Å². The van der Waals surface area contributed by atoms with E-state index in [1.807, 2.05) is 12.1 Å². The molecule has 0 amide bonds. The minimum atomic E-state index is -0.00111. The van der Waals surface area contributed by atoms with Crippen molar-refractivity contribution in [1.82, 2.24) is 0 Å². The summed E-state index contributed by atoms with van der Waals surface area (Å²) in [4.78, 5) is 11.3. The summed E-state index contributed by atoms with van der Waals surface area (Å²) < 4.78 is 5.64.